The first kappa shape index (κ1) is 27.7. The van der Waals surface area contributed by atoms with E-state index in [4.69, 9.17) is 10.2 Å². The molecule has 1 aromatic heterocycles. The molecular weight excluding hydrogens is 477 g/mol. The maximum absolute atomic E-state index is 13.2. The monoisotopic (exact) mass is 515 g/mol. The van der Waals surface area contributed by atoms with E-state index < -0.39 is 12.5 Å². The van der Waals surface area contributed by atoms with Gasteiger partial charge in [0.05, 0.1) is 12.0 Å². The topological polar surface area (TPSA) is 100 Å². The number of amides is 1. The molecule has 2 heterocycles. The van der Waals surface area contributed by atoms with Crippen LogP contribution in [0.3, 0.4) is 0 Å². The van der Waals surface area contributed by atoms with Crippen molar-refractivity contribution in [1.29, 1.82) is 0 Å². The van der Waals surface area contributed by atoms with Crippen LogP contribution in [0.4, 0.5) is 5.69 Å². The van der Waals surface area contributed by atoms with Gasteiger partial charge >= 0.3 is 12.5 Å². The van der Waals surface area contributed by atoms with Crippen molar-refractivity contribution in [3.63, 3.8) is 0 Å². The minimum absolute atomic E-state index is 0.0364. The van der Waals surface area contributed by atoms with Gasteiger partial charge in [-0.2, -0.15) is 0 Å². The number of anilines is 1. The zero-order valence-corrected chi connectivity index (χ0v) is 22.9. The lowest BCUT2D eigenvalue weighted by molar-refractivity contribution is -0.131. The molecule has 0 radical (unpaired) electrons. The minimum Gasteiger partial charge on any atom is -0.447 e. The SMILES string of the molecule is CB(O)/C=C(/C)CN(C)c1ccc2c(C)c(CC(=O)N3CCC(c4cccc(CN)c4)CC3)c(=O)oc2c1. The molecule has 0 unspecified atom stereocenters. The lowest BCUT2D eigenvalue weighted by Gasteiger charge is -2.32. The van der Waals surface area contributed by atoms with Gasteiger partial charge in [-0.3, -0.25) is 4.79 Å². The van der Waals surface area contributed by atoms with Gasteiger partial charge in [-0.1, -0.05) is 42.6 Å². The lowest BCUT2D eigenvalue weighted by atomic mass is 9.71. The highest BCUT2D eigenvalue weighted by atomic mass is 16.4. The summed E-state index contributed by atoms with van der Waals surface area (Å²) >= 11 is 0. The van der Waals surface area contributed by atoms with Crippen LogP contribution in [0, 0.1) is 6.92 Å². The Kier molecular flexibility index (Phi) is 8.74. The maximum atomic E-state index is 13.2. The van der Waals surface area contributed by atoms with Gasteiger partial charge in [-0.15, -0.1) is 0 Å². The molecule has 0 spiro atoms. The van der Waals surface area contributed by atoms with E-state index in [-0.39, 0.29) is 12.3 Å². The summed E-state index contributed by atoms with van der Waals surface area (Å²) in [6.45, 7) is 7.60. The molecule has 7 nitrogen and oxygen atoms in total. The molecule has 200 valence electrons. The predicted octanol–water partition coefficient (Wildman–Crippen LogP) is 4.04. The molecule has 1 saturated heterocycles. The van der Waals surface area contributed by atoms with Crippen LogP contribution in [0.5, 0.6) is 0 Å². The van der Waals surface area contributed by atoms with Gasteiger partial charge in [-0.05, 0) is 61.4 Å². The summed E-state index contributed by atoms with van der Waals surface area (Å²) in [4.78, 5) is 30.0. The van der Waals surface area contributed by atoms with E-state index in [0.29, 0.717) is 43.2 Å². The normalized spacial score (nSPS) is 14.7. The quantitative estimate of drug-likeness (QED) is 0.347. The molecule has 38 heavy (non-hydrogen) atoms. The minimum atomic E-state index is -0.499. The molecule has 1 aliphatic rings. The number of likely N-dealkylation sites (tertiary alicyclic amines) is 1. The number of hydrogen-bond acceptors (Lipinski definition) is 6. The molecule has 0 saturated carbocycles. The molecule has 2 aromatic carbocycles. The zero-order valence-electron chi connectivity index (χ0n) is 22.9. The lowest BCUT2D eigenvalue weighted by Crippen LogP contribution is -2.39. The molecule has 3 N–H and O–H groups in total. The van der Waals surface area contributed by atoms with Crippen LogP contribution in [0.15, 0.2) is 63.2 Å². The van der Waals surface area contributed by atoms with Gasteiger partial charge < -0.3 is 25.0 Å². The van der Waals surface area contributed by atoms with Crippen LogP contribution in [-0.4, -0.2) is 49.4 Å². The largest absolute Gasteiger partial charge is 0.447 e. The Bertz CT molecular complexity index is 1390. The molecule has 1 amide bonds. The number of piperidine rings is 1. The molecule has 4 rings (SSSR count). The maximum Gasteiger partial charge on any atom is 0.340 e. The first-order chi connectivity index (χ1) is 18.2. The molecule has 1 fully saturated rings. The average molecular weight is 515 g/mol. The number of aryl methyl sites for hydroxylation is 1. The van der Waals surface area contributed by atoms with Crippen molar-refractivity contribution in [1.82, 2.24) is 4.90 Å². The fourth-order valence-corrected chi connectivity index (χ4v) is 5.45. The van der Waals surface area contributed by atoms with Crippen molar-refractivity contribution in [2.75, 3.05) is 31.6 Å². The number of fused-ring (bicyclic) bond motifs is 1. The summed E-state index contributed by atoms with van der Waals surface area (Å²) < 4.78 is 5.70. The molecule has 1 aliphatic heterocycles. The third-order valence-corrected chi connectivity index (χ3v) is 7.56. The van der Waals surface area contributed by atoms with Crippen LogP contribution in [0.25, 0.3) is 11.0 Å². The summed E-state index contributed by atoms with van der Waals surface area (Å²) in [6, 6.07) is 14.2. The van der Waals surface area contributed by atoms with Crippen molar-refractivity contribution >= 4 is 29.5 Å². The summed E-state index contributed by atoms with van der Waals surface area (Å²) in [5.41, 5.74) is 11.4. The van der Waals surface area contributed by atoms with E-state index in [9.17, 15) is 14.6 Å². The molecule has 0 atom stereocenters. The van der Waals surface area contributed by atoms with Crippen LogP contribution in [-0.2, 0) is 17.8 Å². The van der Waals surface area contributed by atoms with Crippen LogP contribution in [0.1, 0.15) is 47.9 Å². The second-order valence-electron chi connectivity index (χ2n) is 10.6. The molecule has 0 bridgehead atoms. The third-order valence-electron chi connectivity index (χ3n) is 7.56. The first-order valence-corrected chi connectivity index (χ1v) is 13.4. The Morgan fingerprint density at radius 3 is 2.66 bits per heavy atom. The number of hydrogen-bond donors (Lipinski definition) is 2. The van der Waals surface area contributed by atoms with Crippen LogP contribution in [0.2, 0.25) is 6.82 Å². The van der Waals surface area contributed by atoms with Gasteiger partial charge in [0.15, 0.2) is 0 Å². The van der Waals surface area contributed by atoms with Gasteiger partial charge in [0.25, 0.3) is 0 Å². The van der Waals surface area contributed by atoms with Crippen molar-refractivity contribution < 1.29 is 14.2 Å². The van der Waals surface area contributed by atoms with Gasteiger partial charge in [-0.25, -0.2) is 4.79 Å². The Labute approximate surface area is 225 Å². The first-order valence-electron chi connectivity index (χ1n) is 13.4. The van der Waals surface area contributed by atoms with E-state index in [1.54, 1.807) is 6.82 Å². The molecule has 3 aromatic rings. The van der Waals surface area contributed by atoms with Crippen LogP contribution >= 0.6 is 0 Å². The number of carbonyl (C=O) groups excluding carboxylic acids is 1. The fraction of sp³-hybridized carbons (Fsp3) is 0.400. The number of benzene rings is 2. The Morgan fingerprint density at radius 2 is 1.97 bits per heavy atom. The third kappa shape index (κ3) is 6.37. The average Bonchev–Trinajstić information content (AvgIpc) is 2.90. The predicted molar refractivity (Wildman–Crippen MR) is 155 cm³/mol. The van der Waals surface area contributed by atoms with E-state index in [2.05, 4.69) is 12.1 Å². The van der Waals surface area contributed by atoms with Gasteiger partial charge in [0, 0.05) is 50.4 Å². The van der Waals surface area contributed by atoms with Crippen molar-refractivity contribution in [3.05, 3.63) is 86.7 Å². The highest BCUT2D eigenvalue weighted by Gasteiger charge is 2.25. The smallest absolute Gasteiger partial charge is 0.340 e. The molecule has 8 heteroatoms. The van der Waals surface area contributed by atoms with Crippen molar-refractivity contribution in [2.24, 2.45) is 5.73 Å². The standard InChI is InChI=1S/C30H38BN3O4/c1-20(17-31(3)37)19-33(4)25-8-9-26-21(2)27(30(36)38-28(26)15-25)16-29(35)34-12-10-23(11-13-34)24-7-5-6-22(14-24)18-32/h5-9,14-15,17,23,37H,10-13,16,18-19,32H2,1-4H3/b20-17-. The number of nitrogens with two attached hydrogens (primary N) is 1. The fourth-order valence-electron chi connectivity index (χ4n) is 5.45. The van der Waals surface area contributed by atoms with Crippen LogP contribution < -0.4 is 16.3 Å². The summed E-state index contributed by atoms with van der Waals surface area (Å²) in [5, 5.41) is 10.4. The number of carbonyl (C=O) groups is 1. The number of rotatable bonds is 8. The van der Waals surface area contributed by atoms with Gasteiger partial charge in [0.1, 0.15) is 5.58 Å². The van der Waals surface area contributed by atoms with Crippen molar-refractivity contribution in [2.45, 2.75) is 52.4 Å². The second kappa shape index (κ2) is 12.0. The summed E-state index contributed by atoms with van der Waals surface area (Å²) in [6.07, 6.45) is 1.84. The van der Waals surface area contributed by atoms with Crippen molar-refractivity contribution in [3.8, 4) is 0 Å². The highest BCUT2D eigenvalue weighted by molar-refractivity contribution is 6.54. The Balaban J connectivity index is 1.45. The highest BCUT2D eigenvalue weighted by Crippen LogP contribution is 2.29. The Morgan fingerprint density at radius 1 is 1.24 bits per heavy atom. The molecule has 0 aliphatic carbocycles. The van der Waals surface area contributed by atoms with E-state index in [1.165, 1.54) is 5.56 Å². The Hall–Kier alpha value is -3.36. The second-order valence-corrected chi connectivity index (χ2v) is 10.6. The number of likely N-dealkylation sites (N-methyl/N-ethyl adjacent to an activating group) is 1. The number of nitrogens with zero attached hydrogens (tertiary/aromatic N) is 2. The van der Waals surface area contributed by atoms with E-state index in [1.807, 2.05) is 67.0 Å². The van der Waals surface area contributed by atoms with Gasteiger partial charge in [0.2, 0.25) is 5.91 Å². The zero-order chi connectivity index (χ0) is 27.4. The van der Waals surface area contributed by atoms with E-state index >= 15 is 0 Å². The summed E-state index contributed by atoms with van der Waals surface area (Å²) in [5.74, 6) is 2.19. The molecular formula is C30H38BN3O4. The summed E-state index contributed by atoms with van der Waals surface area (Å²) in [7, 11) is 1.96. The van der Waals surface area contributed by atoms with E-state index in [0.717, 1.165) is 40.6 Å².